The van der Waals surface area contributed by atoms with Gasteiger partial charge in [-0.3, -0.25) is 14.4 Å². The lowest BCUT2D eigenvalue weighted by Crippen LogP contribution is -2.13. The highest BCUT2D eigenvalue weighted by atomic mass is 16.2. The summed E-state index contributed by atoms with van der Waals surface area (Å²) in [7, 11) is 0. The SMILES string of the molecule is CC(=O)Nc1cccc(C(=O)Nc2ccc3c(c2)C(C)C(=O)N3)c1. The monoisotopic (exact) mass is 323 g/mol. The van der Waals surface area contributed by atoms with E-state index < -0.39 is 0 Å². The molecule has 1 atom stereocenters. The van der Waals surface area contributed by atoms with Gasteiger partial charge in [0, 0.05) is 29.5 Å². The molecule has 3 N–H and O–H groups in total. The van der Waals surface area contributed by atoms with Gasteiger partial charge in [0.05, 0.1) is 5.92 Å². The van der Waals surface area contributed by atoms with E-state index in [-0.39, 0.29) is 23.6 Å². The number of amides is 3. The fraction of sp³-hybridized carbons (Fsp3) is 0.167. The highest BCUT2D eigenvalue weighted by Gasteiger charge is 2.26. The lowest BCUT2D eigenvalue weighted by atomic mass is 10.0. The van der Waals surface area contributed by atoms with Crippen molar-refractivity contribution in [3.05, 3.63) is 53.6 Å². The van der Waals surface area contributed by atoms with Gasteiger partial charge in [0.25, 0.3) is 5.91 Å². The third kappa shape index (κ3) is 3.12. The number of carbonyl (C=O) groups excluding carboxylic acids is 3. The Morgan fingerprint density at radius 2 is 1.79 bits per heavy atom. The van der Waals surface area contributed by atoms with Gasteiger partial charge < -0.3 is 16.0 Å². The summed E-state index contributed by atoms with van der Waals surface area (Å²) in [4.78, 5) is 35.2. The number of rotatable bonds is 3. The summed E-state index contributed by atoms with van der Waals surface area (Å²) >= 11 is 0. The van der Waals surface area contributed by atoms with Crippen LogP contribution in [0.4, 0.5) is 17.1 Å². The van der Waals surface area contributed by atoms with E-state index in [9.17, 15) is 14.4 Å². The minimum atomic E-state index is -0.285. The quantitative estimate of drug-likeness (QED) is 0.811. The zero-order valence-electron chi connectivity index (χ0n) is 13.3. The minimum Gasteiger partial charge on any atom is -0.326 e. The number of carbonyl (C=O) groups is 3. The molecule has 3 amide bonds. The standard InChI is InChI=1S/C18H17N3O3/c1-10-15-9-14(6-7-16(15)21-17(10)23)20-18(24)12-4-3-5-13(8-12)19-11(2)22/h3-10H,1-2H3,(H,19,22)(H,20,24)(H,21,23). The van der Waals surface area contributed by atoms with Crippen LogP contribution in [-0.4, -0.2) is 17.7 Å². The van der Waals surface area contributed by atoms with Crippen molar-refractivity contribution in [2.24, 2.45) is 0 Å². The van der Waals surface area contributed by atoms with Crippen molar-refractivity contribution in [2.75, 3.05) is 16.0 Å². The molecule has 2 aromatic carbocycles. The fourth-order valence-electron chi connectivity index (χ4n) is 2.64. The number of hydrogen-bond donors (Lipinski definition) is 3. The lowest BCUT2D eigenvalue weighted by molar-refractivity contribution is -0.116. The van der Waals surface area contributed by atoms with Crippen LogP contribution in [0, 0.1) is 0 Å². The number of hydrogen-bond acceptors (Lipinski definition) is 3. The first-order chi connectivity index (χ1) is 11.4. The predicted octanol–water partition coefficient (Wildman–Crippen LogP) is 2.95. The van der Waals surface area contributed by atoms with Crippen LogP contribution in [0.3, 0.4) is 0 Å². The molecule has 1 unspecified atom stereocenters. The smallest absolute Gasteiger partial charge is 0.255 e. The van der Waals surface area contributed by atoms with Gasteiger partial charge >= 0.3 is 0 Å². The van der Waals surface area contributed by atoms with Gasteiger partial charge in [-0.15, -0.1) is 0 Å². The Balaban J connectivity index is 1.78. The van der Waals surface area contributed by atoms with E-state index in [4.69, 9.17) is 0 Å². The number of fused-ring (bicyclic) bond motifs is 1. The molecule has 0 aliphatic carbocycles. The molecule has 1 aliphatic rings. The van der Waals surface area contributed by atoms with Crippen molar-refractivity contribution in [1.82, 2.24) is 0 Å². The summed E-state index contributed by atoms with van der Waals surface area (Å²) in [6.07, 6.45) is 0. The summed E-state index contributed by atoms with van der Waals surface area (Å²) in [6.45, 7) is 3.23. The van der Waals surface area contributed by atoms with E-state index in [2.05, 4.69) is 16.0 Å². The van der Waals surface area contributed by atoms with E-state index in [0.717, 1.165) is 11.3 Å². The zero-order chi connectivity index (χ0) is 17.3. The molecule has 0 spiro atoms. The zero-order valence-corrected chi connectivity index (χ0v) is 13.3. The Morgan fingerprint density at radius 3 is 2.54 bits per heavy atom. The summed E-state index contributed by atoms with van der Waals surface area (Å²) in [5, 5.41) is 8.25. The molecular formula is C18H17N3O3. The largest absolute Gasteiger partial charge is 0.326 e. The molecule has 0 fully saturated rings. The molecule has 1 aliphatic heterocycles. The van der Waals surface area contributed by atoms with E-state index >= 15 is 0 Å². The van der Waals surface area contributed by atoms with Gasteiger partial charge in [0.1, 0.15) is 0 Å². The maximum atomic E-state index is 12.4. The third-order valence-electron chi connectivity index (χ3n) is 3.87. The molecule has 3 rings (SSSR count). The first-order valence-corrected chi connectivity index (χ1v) is 7.58. The topological polar surface area (TPSA) is 87.3 Å². The molecular weight excluding hydrogens is 306 g/mol. The second-order valence-corrected chi connectivity index (χ2v) is 5.73. The second kappa shape index (κ2) is 6.16. The third-order valence-corrected chi connectivity index (χ3v) is 3.87. The van der Waals surface area contributed by atoms with Crippen LogP contribution < -0.4 is 16.0 Å². The molecule has 6 heteroatoms. The van der Waals surface area contributed by atoms with E-state index in [1.807, 2.05) is 6.92 Å². The van der Waals surface area contributed by atoms with Crippen LogP contribution in [0.1, 0.15) is 35.7 Å². The Hall–Kier alpha value is -3.15. The Morgan fingerprint density at radius 1 is 1.04 bits per heavy atom. The van der Waals surface area contributed by atoms with Gasteiger partial charge in [-0.1, -0.05) is 6.07 Å². The molecule has 24 heavy (non-hydrogen) atoms. The van der Waals surface area contributed by atoms with Crippen LogP contribution in [0.2, 0.25) is 0 Å². The van der Waals surface area contributed by atoms with Crippen molar-refractivity contribution in [3.8, 4) is 0 Å². The maximum absolute atomic E-state index is 12.4. The van der Waals surface area contributed by atoms with Crippen molar-refractivity contribution in [3.63, 3.8) is 0 Å². The minimum absolute atomic E-state index is 0.0449. The molecule has 1 heterocycles. The maximum Gasteiger partial charge on any atom is 0.255 e. The summed E-state index contributed by atoms with van der Waals surface area (Å²) < 4.78 is 0. The number of nitrogens with one attached hydrogen (secondary N) is 3. The Bertz CT molecular complexity index is 845. The second-order valence-electron chi connectivity index (χ2n) is 5.73. The molecule has 0 radical (unpaired) electrons. The molecule has 6 nitrogen and oxygen atoms in total. The lowest BCUT2D eigenvalue weighted by Gasteiger charge is -2.09. The molecule has 0 bridgehead atoms. The van der Waals surface area contributed by atoms with Crippen molar-refractivity contribution in [1.29, 1.82) is 0 Å². The first-order valence-electron chi connectivity index (χ1n) is 7.58. The van der Waals surface area contributed by atoms with Gasteiger partial charge in [-0.2, -0.15) is 0 Å². The van der Waals surface area contributed by atoms with Crippen LogP contribution in [0.25, 0.3) is 0 Å². The normalized spacial score (nSPS) is 15.4. The molecule has 0 aromatic heterocycles. The van der Waals surface area contributed by atoms with E-state index in [0.29, 0.717) is 16.9 Å². The van der Waals surface area contributed by atoms with Crippen molar-refractivity contribution >= 4 is 34.8 Å². The van der Waals surface area contributed by atoms with Gasteiger partial charge in [0.15, 0.2) is 0 Å². The molecule has 2 aromatic rings. The van der Waals surface area contributed by atoms with E-state index in [1.165, 1.54) is 6.92 Å². The summed E-state index contributed by atoms with van der Waals surface area (Å²) in [5.41, 5.74) is 3.26. The number of benzene rings is 2. The summed E-state index contributed by atoms with van der Waals surface area (Å²) in [5.74, 6) is -0.763. The summed E-state index contributed by atoms with van der Waals surface area (Å²) in [6, 6.07) is 12.0. The highest BCUT2D eigenvalue weighted by Crippen LogP contribution is 2.34. The van der Waals surface area contributed by atoms with Crippen molar-refractivity contribution < 1.29 is 14.4 Å². The van der Waals surface area contributed by atoms with Crippen LogP contribution in [-0.2, 0) is 9.59 Å². The van der Waals surface area contributed by atoms with Crippen molar-refractivity contribution in [2.45, 2.75) is 19.8 Å². The number of anilines is 3. The van der Waals surface area contributed by atoms with Gasteiger partial charge in [-0.25, -0.2) is 0 Å². The van der Waals surface area contributed by atoms with Gasteiger partial charge in [-0.05, 0) is 48.9 Å². The Kier molecular flexibility index (Phi) is 4.04. The average Bonchev–Trinajstić information content (AvgIpc) is 2.82. The highest BCUT2D eigenvalue weighted by molar-refractivity contribution is 6.07. The van der Waals surface area contributed by atoms with Gasteiger partial charge in [0.2, 0.25) is 11.8 Å². The van der Waals surface area contributed by atoms with Crippen LogP contribution in [0.5, 0.6) is 0 Å². The average molecular weight is 323 g/mol. The van der Waals surface area contributed by atoms with Crippen LogP contribution in [0.15, 0.2) is 42.5 Å². The predicted molar refractivity (Wildman–Crippen MR) is 92.2 cm³/mol. The first kappa shape index (κ1) is 15.7. The Labute approximate surface area is 139 Å². The molecule has 0 saturated heterocycles. The molecule has 0 saturated carbocycles. The fourth-order valence-corrected chi connectivity index (χ4v) is 2.64. The molecule has 122 valence electrons. The van der Waals surface area contributed by atoms with Crippen LogP contribution >= 0.6 is 0 Å². The van der Waals surface area contributed by atoms with E-state index in [1.54, 1.807) is 42.5 Å².